The minimum absolute atomic E-state index is 0.0111. The molecule has 1 aromatic rings. The van der Waals surface area contributed by atoms with Gasteiger partial charge in [0.2, 0.25) is 0 Å². The number of alkyl halides is 5. The van der Waals surface area contributed by atoms with E-state index in [0.29, 0.717) is 25.7 Å². The molecular formula is C29H31F5O2. The monoisotopic (exact) mass is 506 g/mol. The zero-order valence-corrected chi connectivity index (χ0v) is 20.5. The minimum Gasteiger partial charge on any atom is -0.383 e. The van der Waals surface area contributed by atoms with Crippen LogP contribution in [0.1, 0.15) is 75.8 Å². The van der Waals surface area contributed by atoms with Gasteiger partial charge in [0, 0.05) is 17.8 Å². The summed E-state index contributed by atoms with van der Waals surface area (Å²) in [6, 6.07) is 7.57. The fourth-order valence-electron chi connectivity index (χ4n) is 7.71. The molecule has 4 aliphatic carbocycles. The van der Waals surface area contributed by atoms with Crippen LogP contribution in [0.25, 0.3) is 5.57 Å². The maximum atomic E-state index is 15.0. The van der Waals surface area contributed by atoms with Crippen molar-refractivity contribution in [2.75, 3.05) is 0 Å². The Morgan fingerprint density at radius 3 is 2.33 bits per heavy atom. The first-order valence-corrected chi connectivity index (χ1v) is 12.6. The second-order valence-corrected chi connectivity index (χ2v) is 11.4. The van der Waals surface area contributed by atoms with Crippen LogP contribution in [-0.2, 0) is 4.79 Å². The molecule has 0 heterocycles. The lowest BCUT2D eigenvalue weighted by molar-refractivity contribution is -0.362. The lowest BCUT2D eigenvalue weighted by Crippen LogP contribution is -2.65. The third-order valence-electron chi connectivity index (χ3n) is 9.57. The number of aliphatic hydroxyl groups is 1. The Hall–Kier alpha value is -2.28. The van der Waals surface area contributed by atoms with Crippen molar-refractivity contribution in [2.45, 2.75) is 82.4 Å². The molecule has 0 radical (unpaired) electrons. The molecule has 0 aromatic heterocycles. The highest BCUT2D eigenvalue weighted by molar-refractivity contribution is 5.93. The van der Waals surface area contributed by atoms with E-state index < -0.39 is 41.4 Å². The van der Waals surface area contributed by atoms with E-state index in [1.165, 1.54) is 6.92 Å². The summed E-state index contributed by atoms with van der Waals surface area (Å²) < 4.78 is 70.9. The van der Waals surface area contributed by atoms with Crippen LogP contribution < -0.4 is 0 Å². The Balaban J connectivity index is 1.69. The van der Waals surface area contributed by atoms with Crippen molar-refractivity contribution in [3.05, 3.63) is 64.8 Å². The number of benzene rings is 1. The molecular weight excluding hydrogens is 475 g/mol. The molecule has 7 heteroatoms. The lowest BCUT2D eigenvalue weighted by atomic mass is 9.50. The van der Waals surface area contributed by atoms with E-state index in [-0.39, 0.29) is 24.5 Å². The quantitative estimate of drug-likeness (QED) is 0.430. The normalized spacial score (nSPS) is 34.6. The number of carbonyl (C=O) groups excluding carboxylic acids is 1. The molecule has 1 aromatic carbocycles. The molecule has 0 amide bonds. The molecule has 0 spiro atoms. The van der Waals surface area contributed by atoms with Crippen molar-refractivity contribution in [3.8, 4) is 0 Å². The zero-order chi connectivity index (χ0) is 26.3. The van der Waals surface area contributed by atoms with Crippen molar-refractivity contribution in [1.29, 1.82) is 0 Å². The summed E-state index contributed by atoms with van der Waals surface area (Å²) in [5.41, 5.74) is 0.901. The smallest absolute Gasteiger partial charge is 0.383 e. The maximum absolute atomic E-state index is 15.0. The van der Waals surface area contributed by atoms with E-state index in [1.807, 2.05) is 31.2 Å². The Bertz CT molecular complexity index is 1180. The summed E-state index contributed by atoms with van der Waals surface area (Å²) in [5.74, 6) is -6.29. The van der Waals surface area contributed by atoms with Gasteiger partial charge < -0.3 is 5.11 Å². The van der Waals surface area contributed by atoms with Gasteiger partial charge in [0.15, 0.2) is 5.78 Å². The van der Waals surface area contributed by atoms with Crippen LogP contribution in [-0.4, -0.2) is 28.6 Å². The summed E-state index contributed by atoms with van der Waals surface area (Å²) >= 11 is 0. The van der Waals surface area contributed by atoms with Crippen LogP contribution in [0.5, 0.6) is 0 Å². The van der Waals surface area contributed by atoms with Gasteiger partial charge >= 0.3 is 12.1 Å². The standard InChI is InChI=1S/C29H31F5O2/c1-16(2)17-4-6-18(7-5-17)23-15-26(3)24(12-13-27(26,36)28(30,31)29(32,33)34)22-10-8-19-14-20(35)9-11-21(19)25(22)23/h4-7,14,22-24,36H,1,8-13,15H2,2-3H3/t22-,23+,24-,26-,27-/m0/s1. The highest BCUT2D eigenvalue weighted by Gasteiger charge is 2.79. The molecule has 0 aliphatic heterocycles. The number of carbonyl (C=O) groups is 1. The molecule has 1 N–H and O–H groups in total. The number of hydrogen-bond acceptors (Lipinski definition) is 2. The molecule has 4 aliphatic rings. The van der Waals surface area contributed by atoms with E-state index in [2.05, 4.69) is 6.58 Å². The van der Waals surface area contributed by atoms with Crippen LogP contribution in [0.4, 0.5) is 22.0 Å². The van der Waals surface area contributed by atoms with Crippen molar-refractivity contribution < 1.29 is 31.9 Å². The fourth-order valence-corrected chi connectivity index (χ4v) is 7.71. The van der Waals surface area contributed by atoms with E-state index in [1.54, 1.807) is 6.08 Å². The van der Waals surface area contributed by atoms with Gasteiger partial charge in [-0.1, -0.05) is 48.9 Å². The first kappa shape index (κ1) is 25.4. The Morgan fingerprint density at radius 1 is 1.06 bits per heavy atom. The number of rotatable bonds is 3. The summed E-state index contributed by atoms with van der Waals surface area (Å²) in [5, 5.41) is 11.3. The highest BCUT2D eigenvalue weighted by Crippen LogP contribution is 2.70. The Morgan fingerprint density at radius 2 is 1.72 bits per heavy atom. The molecule has 0 saturated heterocycles. The second kappa shape index (κ2) is 8.11. The molecule has 2 nitrogen and oxygen atoms in total. The first-order chi connectivity index (χ1) is 16.7. The molecule has 5 rings (SSSR count). The molecule has 36 heavy (non-hydrogen) atoms. The van der Waals surface area contributed by atoms with Crippen LogP contribution in [0, 0.1) is 17.3 Å². The summed E-state index contributed by atoms with van der Waals surface area (Å²) in [6.45, 7) is 7.26. The highest BCUT2D eigenvalue weighted by atomic mass is 19.4. The van der Waals surface area contributed by atoms with Crippen molar-refractivity contribution in [2.24, 2.45) is 17.3 Å². The number of halogens is 5. The molecule has 5 atom stereocenters. The van der Waals surface area contributed by atoms with Gasteiger partial charge in [0.1, 0.15) is 5.60 Å². The number of hydrogen-bond donors (Lipinski definition) is 1. The lowest BCUT2D eigenvalue weighted by Gasteiger charge is -2.56. The predicted molar refractivity (Wildman–Crippen MR) is 127 cm³/mol. The van der Waals surface area contributed by atoms with E-state index in [0.717, 1.165) is 33.4 Å². The van der Waals surface area contributed by atoms with Crippen molar-refractivity contribution in [1.82, 2.24) is 0 Å². The predicted octanol–water partition coefficient (Wildman–Crippen LogP) is 7.55. The average Bonchev–Trinajstić information content (AvgIpc) is 3.09. The largest absolute Gasteiger partial charge is 0.456 e. The van der Waals surface area contributed by atoms with Crippen LogP contribution >= 0.6 is 0 Å². The SMILES string of the molecule is C=C(C)c1ccc([C@H]2C[C@@]3(C)[C@@H](CC[C@@]3(O)C(F)(F)C(F)(F)F)[C@@H]3CCC4=CC(=O)CCC4=C32)cc1. The van der Waals surface area contributed by atoms with Gasteiger partial charge in [0.05, 0.1) is 0 Å². The third kappa shape index (κ3) is 3.41. The van der Waals surface area contributed by atoms with Gasteiger partial charge in [0.25, 0.3) is 0 Å². The summed E-state index contributed by atoms with van der Waals surface area (Å²) in [4.78, 5) is 12.1. The van der Waals surface area contributed by atoms with Gasteiger partial charge in [-0.25, -0.2) is 0 Å². The van der Waals surface area contributed by atoms with Crippen molar-refractivity contribution >= 4 is 11.4 Å². The van der Waals surface area contributed by atoms with E-state index in [4.69, 9.17) is 0 Å². The minimum atomic E-state index is -5.84. The number of ketones is 1. The maximum Gasteiger partial charge on any atom is 0.456 e. The van der Waals surface area contributed by atoms with Gasteiger partial charge in [-0.3, -0.25) is 4.79 Å². The molecule has 194 valence electrons. The van der Waals surface area contributed by atoms with E-state index >= 15 is 0 Å². The number of allylic oxidation sites excluding steroid dienone is 5. The zero-order valence-electron chi connectivity index (χ0n) is 20.5. The Kier molecular flexibility index (Phi) is 5.71. The topological polar surface area (TPSA) is 37.3 Å². The fraction of sp³-hybridized carbons (Fsp3) is 0.552. The molecule has 2 saturated carbocycles. The molecule has 0 unspecified atom stereocenters. The average molecular weight is 507 g/mol. The second-order valence-electron chi connectivity index (χ2n) is 11.4. The molecule has 2 fully saturated rings. The first-order valence-electron chi connectivity index (χ1n) is 12.6. The van der Waals surface area contributed by atoms with Crippen LogP contribution in [0.3, 0.4) is 0 Å². The van der Waals surface area contributed by atoms with Gasteiger partial charge in [-0.2, -0.15) is 22.0 Å². The van der Waals surface area contributed by atoms with Crippen molar-refractivity contribution in [3.63, 3.8) is 0 Å². The van der Waals surface area contributed by atoms with Crippen LogP contribution in [0.2, 0.25) is 0 Å². The summed E-state index contributed by atoms with van der Waals surface area (Å²) in [7, 11) is 0. The summed E-state index contributed by atoms with van der Waals surface area (Å²) in [6.07, 6.45) is -2.56. The van der Waals surface area contributed by atoms with Crippen LogP contribution in [0.15, 0.2) is 53.6 Å². The third-order valence-corrected chi connectivity index (χ3v) is 9.57. The van der Waals surface area contributed by atoms with Gasteiger partial charge in [-0.05, 0) is 85.6 Å². The number of fused-ring (bicyclic) bond motifs is 4. The Labute approximate surface area is 208 Å². The van der Waals surface area contributed by atoms with E-state index in [9.17, 15) is 31.9 Å². The molecule has 0 bridgehead atoms. The van der Waals surface area contributed by atoms with Gasteiger partial charge in [-0.15, -0.1) is 0 Å².